The molecule has 0 atom stereocenters. The van der Waals surface area contributed by atoms with E-state index < -0.39 is 22.8 Å². The normalized spacial score (nSPS) is 19.4. The maximum Gasteiger partial charge on any atom is 0.408 e. The number of nitrogens with two attached hydrogens (primary N) is 1. The van der Waals surface area contributed by atoms with Gasteiger partial charge in [0.1, 0.15) is 11.2 Å². The number of ether oxygens (including phenoxy) is 1. The second-order valence-electron chi connectivity index (χ2n) is 6.19. The van der Waals surface area contributed by atoms with Crippen LogP contribution in [-0.2, 0) is 9.57 Å². The number of amides is 1. The Morgan fingerprint density at radius 3 is 2.06 bits per heavy atom. The molecule has 1 rings (SSSR count). The second-order valence-corrected chi connectivity index (χ2v) is 6.19. The first kappa shape index (κ1) is 14.3. The van der Waals surface area contributed by atoms with Crippen molar-refractivity contribution in [3.63, 3.8) is 0 Å². The fourth-order valence-corrected chi connectivity index (χ4v) is 2.02. The molecule has 0 aliphatic heterocycles. The second kappa shape index (κ2) is 4.46. The monoisotopic (exact) mass is 244 g/mol. The van der Waals surface area contributed by atoms with E-state index >= 15 is 0 Å². The number of hydrogen-bond donors (Lipinski definition) is 2. The number of carbonyl (C=O) groups is 1. The highest BCUT2D eigenvalue weighted by Gasteiger charge is 2.52. The van der Waals surface area contributed by atoms with Crippen molar-refractivity contribution >= 4 is 6.09 Å². The van der Waals surface area contributed by atoms with E-state index in [1.807, 2.05) is 34.6 Å². The quantitative estimate of drug-likeness (QED) is 0.746. The maximum absolute atomic E-state index is 11.8. The van der Waals surface area contributed by atoms with Gasteiger partial charge in [0.25, 0.3) is 0 Å². The van der Waals surface area contributed by atoms with Crippen molar-refractivity contribution in [3.8, 4) is 0 Å². The van der Waals surface area contributed by atoms with Gasteiger partial charge in [0, 0.05) is 0 Å². The van der Waals surface area contributed by atoms with Crippen LogP contribution in [0.4, 0.5) is 4.79 Å². The highest BCUT2D eigenvalue weighted by atomic mass is 16.6. The molecule has 0 aromatic carbocycles. The van der Waals surface area contributed by atoms with E-state index in [2.05, 4.69) is 5.32 Å². The topological polar surface area (TPSA) is 73.6 Å². The van der Waals surface area contributed by atoms with Crippen LogP contribution >= 0.6 is 0 Å². The molecule has 5 nitrogen and oxygen atoms in total. The Kier molecular flexibility index (Phi) is 3.74. The fourth-order valence-electron chi connectivity index (χ4n) is 2.02. The molecule has 1 saturated carbocycles. The van der Waals surface area contributed by atoms with Crippen LogP contribution in [0, 0.1) is 0 Å². The van der Waals surface area contributed by atoms with E-state index in [-0.39, 0.29) is 0 Å². The van der Waals surface area contributed by atoms with Gasteiger partial charge in [0.05, 0.1) is 5.54 Å². The third kappa shape index (κ3) is 3.10. The van der Waals surface area contributed by atoms with Crippen LogP contribution in [0.5, 0.6) is 0 Å². The van der Waals surface area contributed by atoms with Crippen LogP contribution in [-0.4, -0.2) is 22.8 Å². The molecule has 0 bridgehead atoms. The van der Waals surface area contributed by atoms with Crippen LogP contribution in [0.1, 0.15) is 53.9 Å². The minimum absolute atomic E-state index is 0.413. The van der Waals surface area contributed by atoms with Crippen molar-refractivity contribution in [2.45, 2.75) is 70.6 Å². The average Bonchev–Trinajstić information content (AvgIpc) is 2.08. The summed E-state index contributed by atoms with van der Waals surface area (Å²) in [5, 5.41) is 2.91. The number of nitrogens with one attached hydrogen (secondary N) is 1. The SMILES string of the molecule is CC(C)(C)OC(=O)NC1(C(C)(C)ON)CCC1. The third-order valence-corrected chi connectivity index (χ3v) is 3.39. The lowest BCUT2D eigenvalue weighted by Crippen LogP contribution is -2.67. The summed E-state index contributed by atoms with van der Waals surface area (Å²) in [5.41, 5.74) is -1.50. The molecule has 1 aliphatic carbocycles. The van der Waals surface area contributed by atoms with Crippen molar-refractivity contribution in [1.82, 2.24) is 5.32 Å². The van der Waals surface area contributed by atoms with Crippen molar-refractivity contribution in [3.05, 3.63) is 0 Å². The molecule has 1 aliphatic rings. The maximum atomic E-state index is 11.8. The Labute approximate surface area is 103 Å². The highest BCUT2D eigenvalue weighted by Crippen LogP contribution is 2.42. The Morgan fingerprint density at radius 1 is 1.24 bits per heavy atom. The van der Waals surface area contributed by atoms with Gasteiger partial charge in [-0.3, -0.25) is 4.84 Å². The van der Waals surface area contributed by atoms with Gasteiger partial charge in [0.2, 0.25) is 0 Å². The number of rotatable bonds is 3. The van der Waals surface area contributed by atoms with E-state index in [1.54, 1.807) is 0 Å². The minimum atomic E-state index is -0.595. The van der Waals surface area contributed by atoms with Crippen molar-refractivity contribution in [1.29, 1.82) is 0 Å². The van der Waals surface area contributed by atoms with Gasteiger partial charge in [-0.1, -0.05) is 0 Å². The van der Waals surface area contributed by atoms with E-state index in [9.17, 15) is 4.79 Å². The molecule has 5 heteroatoms. The van der Waals surface area contributed by atoms with Gasteiger partial charge >= 0.3 is 6.09 Å². The average molecular weight is 244 g/mol. The Bertz CT molecular complexity index is 291. The fraction of sp³-hybridized carbons (Fsp3) is 0.917. The molecule has 0 aromatic rings. The van der Waals surface area contributed by atoms with Crippen LogP contribution < -0.4 is 11.2 Å². The van der Waals surface area contributed by atoms with E-state index in [1.165, 1.54) is 0 Å². The van der Waals surface area contributed by atoms with E-state index in [0.717, 1.165) is 19.3 Å². The summed E-state index contributed by atoms with van der Waals surface area (Å²) in [6, 6.07) is 0. The van der Waals surface area contributed by atoms with Crippen molar-refractivity contribution < 1.29 is 14.4 Å². The minimum Gasteiger partial charge on any atom is -0.444 e. The van der Waals surface area contributed by atoms with Gasteiger partial charge in [-0.15, -0.1) is 0 Å². The molecule has 1 fully saturated rings. The molecule has 3 N–H and O–H groups in total. The predicted octanol–water partition coefficient (Wildman–Crippen LogP) is 2.10. The van der Waals surface area contributed by atoms with Gasteiger partial charge in [-0.2, -0.15) is 0 Å². The molecule has 0 spiro atoms. The van der Waals surface area contributed by atoms with Gasteiger partial charge < -0.3 is 10.1 Å². The van der Waals surface area contributed by atoms with Crippen LogP contribution in [0.3, 0.4) is 0 Å². The molecular weight excluding hydrogens is 220 g/mol. The molecule has 0 radical (unpaired) electrons. The lowest BCUT2D eigenvalue weighted by molar-refractivity contribution is -0.116. The lowest BCUT2D eigenvalue weighted by Gasteiger charge is -2.51. The number of hydrogen-bond acceptors (Lipinski definition) is 4. The van der Waals surface area contributed by atoms with Gasteiger partial charge in [-0.25, -0.2) is 10.7 Å². The smallest absolute Gasteiger partial charge is 0.408 e. The van der Waals surface area contributed by atoms with Crippen LogP contribution in [0.15, 0.2) is 0 Å². The first-order valence-electron chi connectivity index (χ1n) is 6.01. The molecular formula is C12H24N2O3. The zero-order valence-electron chi connectivity index (χ0n) is 11.4. The van der Waals surface area contributed by atoms with Gasteiger partial charge in [-0.05, 0) is 53.9 Å². The number of alkyl carbamates (subject to hydrolysis) is 1. The first-order valence-corrected chi connectivity index (χ1v) is 6.01. The largest absolute Gasteiger partial charge is 0.444 e. The van der Waals surface area contributed by atoms with E-state index in [0.29, 0.717) is 0 Å². The molecule has 0 saturated heterocycles. The van der Waals surface area contributed by atoms with Crippen molar-refractivity contribution in [2.24, 2.45) is 5.90 Å². The standard InChI is InChI=1S/C12H24N2O3/c1-10(2,3)16-9(15)14-12(7-6-8-12)11(4,5)17-13/h6-8,13H2,1-5H3,(H,14,15). The molecule has 17 heavy (non-hydrogen) atoms. The first-order chi connectivity index (χ1) is 7.62. The summed E-state index contributed by atoms with van der Waals surface area (Å²) >= 11 is 0. The summed E-state index contributed by atoms with van der Waals surface area (Å²) < 4.78 is 5.26. The summed E-state index contributed by atoms with van der Waals surface area (Å²) in [6.07, 6.45) is 2.36. The Hall–Kier alpha value is -0.810. The van der Waals surface area contributed by atoms with Gasteiger partial charge in [0.15, 0.2) is 0 Å². The zero-order chi connectivity index (χ0) is 13.3. The summed E-state index contributed by atoms with van der Waals surface area (Å²) in [7, 11) is 0. The lowest BCUT2D eigenvalue weighted by atomic mass is 9.67. The zero-order valence-corrected chi connectivity index (χ0v) is 11.4. The van der Waals surface area contributed by atoms with E-state index in [4.69, 9.17) is 15.5 Å². The summed E-state index contributed by atoms with van der Waals surface area (Å²) in [5.74, 6) is 5.31. The molecule has 0 unspecified atom stereocenters. The van der Waals surface area contributed by atoms with Crippen LogP contribution in [0.25, 0.3) is 0 Å². The Morgan fingerprint density at radius 2 is 1.76 bits per heavy atom. The summed E-state index contributed by atoms with van der Waals surface area (Å²) in [6.45, 7) is 9.27. The molecule has 0 heterocycles. The van der Waals surface area contributed by atoms with Crippen LogP contribution in [0.2, 0.25) is 0 Å². The Balaban J connectivity index is 2.68. The predicted molar refractivity (Wildman–Crippen MR) is 65.3 cm³/mol. The van der Waals surface area contributed by atoms with Crippen molar-refractivity contribution in [2.75, 3.05) is 0 Å². The summed E-state index contributed by atoms with van der Waals surface area (Å²) in [4.78, 5) is 16.8. The highest BCUT2D eigenvalue weighted by molar-refractivity contribution is 5.69. The molecule has 0 aromatic heterocycles. The number of carbonyl (C=O) groups excluding carboxylic acids is 1. The third-order valence-electron chi connectivity index (χ3n) is 3.39. The molecule has 100 valence electrons. The molecule has 1 amide bonds.